The minimum absolute atomic E-state index is 0.0106. The van der Waals surface area contributed by atoms with Gasteiger partial charge >= 0.3 is 18.8 Å². The van der Waals surface area contributed by atoms with E-state index in [-0.39, 0.29) is 54.5 Å². The molecule has 1 aliphatic heterocycles. The van der Waals surface area contributed by atoms with E-state index in [2.05, 4.69) is 15.0 Å². The van der Waals surface area contributed by atoms with Crippen molar-refractivity contribution in [1.82, 2.24) is 20.1 Å². The maximum Gasteiger partial charge on any atom is 0.410 e. The van der Waals surface area contributed by atoms with Gasteiger partial charge in [-0.3, -0.25) is 4.79 Å². The van der Waals surface area contributed by atoms with Gasteiger partial charge < -0.3 is 38.5 Å². The van der Waals surface area contributed by atoms with Crippen molar-refractivity contribution < 1.29 is 46.5 Å². The van der Waals surface area contributed by atoms with Crippen molar-refractivity contribution >= 4 is 18.1 Å². The molecule has 46 heavy (non-hydrogen) atoms. The third-order valence-electron chi connectivity index (χ3n) is 7.10. The number of ether oxygens (including phenoxy) is 4. The molecule has 3 amide bonds. The number of piperazine rings is 1. The number of alkyl halides is 2. The first kappa shape index (κ1) is 34.8. The summed E-state index contributed by atoms with van der Waals surface area (Å²) in [5.74, 6) is -0.0958. The van der Waals surface area contributed by atoms with Gasteiger partial charge in [0, 0.05) is 31.2 Å². The van der Waals surface area contributed by atoms with Gasteiger partial charge in [-0.1, -0.05) is 0 Å². The molecule has 1 aliphatic carbocycles. The van der Waals surface area contributed by atoms with E-state index in [0.29, 0.717) is 18.1 Å². The molecule has 0 spiro atoms. The van der Waals surface area contributed by atoms with Crippen LogP contribution in [0, 0.1) is 5.92 Å². The number of rotatable bonds is 9. The van der Waals surface area contributed by atoms with E-state index in [0.717, 1.165) is 12.8 Å². The Morgan fingerprint density at radius 2 is 1.72 bits per heavy atom. The first-order valence-electron chi connectivity index (χ1n) is 15.4. The lowest BCUT2D eigenvalue weighted by molar-refractivity contribution is -0.0515. The molecular weight excluding hydrogens is 606 g/mol. The Bertz CT molecular complexity index is 1410. The number of nitrogens with zero attached hydrogens (tertiary/aromatic N) is 3. The first-order valence-corrected chi connectivity index (χ1v) is 15.4. The number of carbonyl (C=O) groups is 3. The normalized spacial score (nSPS) is 17.8. The fourth-order valence-electron chi connectivity index (χ4n) is 4.78. The summed E-state index contributed by atoms with van der Waals surface area (Å²) in [6.07, 6.45) is 0.796. The predicted molar refractivity (Wildman–Crippen MR) is 163 cm³/mol. The Kier molecular flexibility index (Phi) is 10.4. The monoisotopic (exact) mass is 650 g/mol. The average Bonchev–Trinajstić information content (AvgIpc) is 3.64. The van der Waals surface area contributed by atoms with Crippen molar-refractivity contribution in [2.45, 2.75) is 98.1 Å². The van der Waals surface area contributed by atoms with Crippen LogP contribution in [-0.2, 0) is 9.47 Å². The molecule has 12 nitrogen and oxygen atoms in total. The molecule has 2 fully saturated rings. The van der Waals surface area contributed by atoms with Crippen molar-refractivity contribution in [2.24, 2.45) is 5.92 Å². The molecule has 2 atom stereocenters. The van der Waals surface area contributed by atoms with E-state index in [1.54, 1.807) is 58.3 Å². The lowest BCUT2D eigenvalue weighted by atomic mass is 10.1. The number of aromatic nitrogens is 1. The van der Waals surface area contributed by atoms with Gasteiger partial charge in [-0.05, 0) is 92.3 Å². The van der Waals surface area contributed by atoms with Crippen LogP contribution >= 0.6 is 0 Å². The van der Waals surface area contributed by atoms with Crippen LogP contribution in [0.1, 0.15) is 90.5 Å². The number of carbonyl (C=O) groups excluding carboxylic acids is 3. The van der Waals surface area contributed by atoms with Crippen molar-refractivity contribution in [2.75, 3.05) is 26.2 Å². The van der Waals surface area contributed by atoms with Crippen LogP contribution in [0.5, 0.6) is 11.5 Å². The van der Waals surface area contributed by atoms with Crippen molar-refractivity contribution in [3.8, 4) is 23.0 Å². The van der Waals surface area contributed by atoms with E-state index in [1.165, 1.54) is 18.2 Å². The number of hydrogen-bond donors (Lipinski definition) is 1. The molecule has 4 rings (SSSR count). The van der Waals surface area contributed by atoms with E-state index >= 15 is 0 Å². The van der Waals surface area contributed by atoms with Crippen LogP contribution in [0.3, 0.4) is 0 Å². The quantitative estimate of drug-likeness (QED) is 0.327. The molecule has 0 radical (unpaired) electrons. The lowest BCUT2D eigenvalue weighted by Crippen LogP contribution is -2.56. The zero-order chi connectivity index (χ0) is 34.0. The van der Waals surface area contributed by atoms with Gasteiger partial charge in [-0.15, -0.1) is 0 Å². The largest absolute Gasteiger partial charge is 0.489 e. The van der Waals surface area contributed by atoms with E-state index in [4.69, 9.17) is 18.6 Å². The van der Waals surface area contributed by atoms with Crippen LogP contribution in [0.15, 0.2) is 22.6 Å². The first-order chi connectivity index (χ1) is 21.4. The Morgan fingerprint density at radius 1 is 1.04 bits per heavy atom. The molecule has 0 bridgehead atoms. The number of amides is 3. The number of halogens is 2. The Labute approximate surface area is 267 Å². The standard InChI is InChI=1S/C32H44F2N4O8/c1-18-16-37(13-14-38(18)30(41)46-32(6,7)8)27(39)24-25(19(2)35-29(40)45-31(3,4)5)44-26(36-24)21-11-12-22(43-28(33)34)23(15-21)42-17-20-9-10-20/h11-12,15,18-20,28H,9-10,13-14,16-17H2,1-8H3,(H,35,40)/t18?,19-/m0/s1. The van der Waals surface area contributed by atoms with Gasteiger partial charge in [0.2, 0.25) is 5.89 Å². The van der Waals surface area contributed by atoms with Gasteiger partial charge in [0.05, 0.1) is 12.6 Å². The lowest BCUT2D eigenvalue weighted by Gasteiger charge is -2.40. The molecule has 1 unspecified atom stereocenters. The molecule has 2 aromatic rings. The van der Waals surface area contributed by atoms with Gasteiger partial charge in [0.25, 0.3) is 5.91 Å². The van der Waals surface area contributed by atoms with Gasteiger partial charge in [0.15, 0.2) is 23.0 Å². The van der Waals surface area contributed by atoms with Crippen molar-refractivity contribution in [3.63, 3.8) is 0 Å². The van der Waals surface area contributed by atoms with Crippen LogP contribution in [0.25, 0.3) is 11.5 Å². The fourth-order valence-corrected chi connectivity index (χ4v) is 4.78. The molecule has 2 heterocycles. The zero-order valence-electron chi connectivity index (χ0n) is 27.6. The molecular formula is C32H44F2N4O8. The van der Waals surface area contributed by atoms with Gasteiger partial charge in [-0.2, -0.15) is 8.78 Å². The minimum Gasteiger partial charge on any atom is -0.489 e. The highest BCUT2D eigenvalue weighted by Crippen LogP contribution is 2.37. The number of benzene rings is 1. The molecule has 1 aromatic carbocycles. The summed E-state index contributed by atoms with van der Waals surface area (Å²) in [4.78, 5) is 47.0. The highest BCUT2D eigenvalue weighted by molar-refractivity contribution is 5.94. The Balaban J connectivity index is 1.63. The van der Waals surface area contributed by atoms with Crippen LogP contribution < -0.4 is 14.8 Å². The summed E-state index contributed by atoms with van der Waals surface area (Å²) in [6, 6.07) is 3.07. The zero-order valence-corrected chi connectivity index (χ0v) is 27.6. The van der Waals surface area contributed by atoms with E-state index < -0.39 is 41.9 Å². The third-order valence-corrected chi connectivity index (χ3v) is 7.10. The highest BCUT2D eigenvalue weighted by atomic mass is 19.3. The second-order valence-corrected chi connectivity index (χ2v) is 13.7. The number of oxazole rings is 1. The van der Waals surface area contributed by atoms with Gasteiger partial charge in [0.1, 0.15) is 11.2 Å². The van der Waals surface area contributed by atoms with Crippen LogP contribution in [0.2, 0.25) is 0 Å². The number of hydrogen-bond acceptors (Lipinski definition) is 9. The predicted octanol–water partition coefficient (Wildman–Crippen LogP) is 6.40. The summed E-state index contributed by atoms with van der Waals surface area (Å²) >= 11 is 0. The second kappa shape index (κ2) is 13.7. The van der Waals surface area contributed by atoms with E-state index in [9.17, 15) is 23.2 Å². The van der Waals surface area contributed by atoms with Crippen LogP contribution in [-0.4, -0.2) is 83.0 Å². The number of alkyl carbamates (subject to hydrolysis) is 1. The Hall–Kier alpha value is -4.10. The summed E-state index contributed by atoms with van der Waals surface area (Å²) in [6.45, 7) is 11.9. The SMILES string of the molecule is CC1CN(C(=O)c2nc(-c3ccc(OC(F)F)c(OCC4CC4)c3)oc2[C@H](C)NC(=O)OC(C)(C)C)CCN1C(=O)OC(C)(C)C. The molecule has 14 heteroatoms. The summed E-state index contributed by atoms with van der Waals surface area (Å²) in [5.41, 5.74) is -1.14. The third kappa shape index (κ3) is 9.46. The molecule has 2 aliphatic rings. The van der Waals surface area contributed by atoms with E-state index in [1.807, 2.05) is 6.92 Å². The molecule has 254 valence electrons. The maximum atomic E-state index is 14.0. The molecule has 1 saturated carbocycles. The minimum atomic E-state index is -3.05. The Morgan fingerprint density at radius 3 is 2.30 bits per heavy atom. The second-order valence-electron chi connectivity index (χ2n) is 13.7. The fraction of sp³-hybridized carbons (Fsp3) is 0.625. The average molecular weight is 651 g/mol. The summed E-state index contributed by atoms with van der Waals surface area (Å²) in [5, 5.41) is 2.69. The molecule has 1 saturated heterocycles. The van der Waals surface area contributed by atoms with Gasteiger partial charge in [-0.25, -0.2) is 14.6 Å². The highest BCUT2D eigenvalue weighted by Gasteiger charge is 2.36. The van der Waals surface area contributed by atoms with Crippen LogP contribution in [0.4, 0.5) is 18.4 Å². The summed E-state index contributed by atoms with van der Waals surface area (Å²) in [7, 11) is 0. The number of nitrogens with one attached hydrogen (secondary N) is 1. The molecule has 1 aromatic heterocycles. The van der Waals surface area contributed by atoms with Crippen molar-refractivity contribution in [1.29, 1.82) is 0 Å². The van der Waals surface area contributed by atoms with Crippen molar-refractivity contribution in [3.05, 3.63) is 29.7 Å². The topological polar surface area (TPSA) is 133 Å². The smallest absolute Gasteiger partial charge is 0.410 e. The maximum absolute atomic E-state index is 14.0. The summed E-state index contributed by atoms with van der Waals surface area (Å²) < 4.78 is 53.7. The molecule has 1 N–H and O–H groups in total.